The minimum absolute atomic E-state index is 0.000951. The van der Waals surface area contributed by atoms with Crippen LogP contribution in [0.25, 0.3) is 11.1 Å². The number of nitrogens with one attached hydrogen (secondary N) is 2. The van der Waals surface area contributed by atoms with E-state index >= 15 is 0 Å². The Hall–Kier alpha value is -3.71. The average molecular weight is 499 g/mol. The summed E-state index contributed by atoms with van der Waals surface area (Å²) in [6.45, 7) is 13.5. The summed E-state index contributed by atoms with van der Waals surface area (Å²) in [5.74, 6) is 1.73. The molecule has 192 valence electrons. The van der Waals surface area contributed by atoms with Gasteiger partial charge in [-0.25, -0.2) is 4.98 Å². The van der Waals surface area contributed by atoms with Crippen LogP contribution in [0.1, 0.15) is 46.1 Å². The molecule has 2 N–H and O–H groups in total. The van der Waals surface area contributed by atoms with Crippen molar-refractivity contribution in [3.05, 3.63) is 87.5 Å². The first-order chi connectivity index (χ1) is 17.8. The van der Waals surface area contributed by atoms with Gasteiger partial charge in [-0.15, -0.1) is 0 Å². The van der Waals surface area contributed by atoms with Crippen LogP contribution in [0, 0.1) is 13.8 Å². The van der Waals surface area contributed by atoms with Crippen molar-refractivity contribution in [1.82, 2.24) is 15.3 Å². The van der Waals surface area contributed by atoms with Gasteiger partial charge >= 0.3 is 0 Å². The van der Waals surface area contributed by atoms with Gasteiger partial charge in [0.2, 0.25) is 0 Å². The smallest absolute Gasteiger partial charge is 0.251 e. The molecule has 0 saturated carbocycles. The van der Waals surface area contributed by atoms with Gasteiger partial charge in [0.05, 0.1) is 0 Å². The van der Waals surface area contributed by atoms with Crippen LogP contribution in [0.15, 0.2) is 54.0 Å². The standard InChI is InChI=1S/C30H34N4O3/c1-5-30(4)17-23-15-22(26(35)8-7-24-19(2)14-20(3)33-29(24)36)16-25(28(23)37-30)21-6-9-27(32-18-21)34-12-10-31-11-13-34/h5-6,9,14-16,18,31H,1,7-8,10-13,17H2,2-4H3,(H,33,36). The molecule has 2 aliphatic heterocycles. The van der Waals surface area contributed by atoms with Crippen LogP contribution in [-0.4, -0.2) is 47.5 Å². The summed E-state index contributed by atoms with van der Waals surface area (Å²) >= 11 is 0. The van der Waals surface area contributed by atoms with Gasteiger partial charge in [0.25, 0.3) is 5.56 Å². The molecule has 2 aliphatic rings. The molecular weight excluding hydrogens is 464 g/mol. The third kappa shape index (κ3) is 5.09. The molecule has 5 rings (SSSR count). The molecule has 0 spiro atoms. The van der Waals surface area contributed by atoms with Gasteiger partial charge < -0.3 is 19.9 Å². The predicted molar refractivity (Wildman–Crippen MR) is 147 cm³/mol. The summed E-state index contributed by atoms with van der Waals surface area (Å²) in [5.41, 5.74) is 5.12. The number of aromatic nitrogens is 2. The maximum atomic E-state index is 13.4. The fourth-order valence-corrected chi connectivity index (χ4v) is 5.28. The van der Waals surface area contributed by atoms with E-state index in [9.17, 15) is 9.59 Å². The number of benzene rings is 1. The van der Waals surface area contributed by atoms with E-state index in [0.717, 1.165) is 65.7 Å². The number of fused-ring (bicyclic) bond motifs is 1. The number of carbonyl (C=O) groups is 1. The number of hydrogen-bond acceptors (Lipinski definition) is 6. The number of rotatable bonds is 7. The van der Waals surface area contributed by atoms with Gasteiger partial charge in [0.1, 0.15) is 17.2 Å². The number of H-pyrrole nitrogens is 1. The number of carbonyl (C=O) groups excluding carboxylic acids is 1. The first-order valence-electron chi connectivity index (χ1n) is 12.9. The lowest BCUT2D eigenvalue weighted by Crippen LogP contribution is -2.43. The normalized spacial score (nSPS) is 18.8. The minimum Gasteiger partial charge on any atom is -0.482 e. The van der Waals surface area contributed by atoms with E-state index in [1.807, 2.05) is 57.3 Å². The number of aryl methyl sites for hydroxylation is 2. The van der Waals surface area contributed by atoms with Crippen LogP contribution >= 0.6 is 0 Å². The fraction of sp³-hybridized carbons (Fsp3) is 0.367. The second-order valence-electron chi connectivity index (χ2n) is 10.3. The first kappa shape index (κ1) is 25.0. The predicted octanol–water partition coefficient (Wildman–Crippen LogP) is 4.16. The number of anilines is 1. The number of ether oxygens (including phenoxy) is 1. The van der Waals surface area contributed by atoms with E-state index < -0.39 is 5.60 Å². The summed E-state index contributed by atoms with van der Waals surface area (Å²) < 4.78 is 6.36. The third-order valence-electron chi connectivity index (χ3n) is 7.39. The second-order valence-corrected chi connectivity index (χ2v) is 10.3. The monoisotopic (exact) mass is 498 g/mol. The Morgan fingerprint density at radius 1 is 1.22 bits per heavy atom. The maximum Gasteiger partial charge on any atom is 0.251 e. The summed E-state index contributed by atoms with van der Waals surface area (Å²) in [4.78, 5) is 35.7. The molecule has 37 heavy (non-hydrogen) atoms. The van der Waals surface area contributed by atoms with Crippen LogP contribution in [-0.2, 0) is 12.8 Å². The van der Waals surface area contributed by atoms with E-state index in [0.29, 0.717) is 24.0 Å². The van der Waals surface area contributed by atoms with Gasteiger partial charge in [-0.2, -0.15) is 0 Å². The van der Waals surface area contributed by atoms with E-state index in [4.69, 9.17) is 9.72 Å². The molecule has 0 aliphatic carbocycles. The molecule has 2 aromatic heterocycles. The minimum atomic E-state index is -0.529. The lowest BCUT2D eigenvalue weighted by molar-refractivity contribution is 0.0982. The van der Waals surface area contributed by atoms with E-state index in [-0.39, 0.29) is 17.8 Å². The molecule has 1 atom stereocenters. The Bertz CT molecular complexity index is 1400. The number of nitrogens with zero attached hydrogens (tertiary/aromatic N) is 2. The Kier molecular flexibility index (Phi) is 6.73. The largest absolute Gasteiger partial charge is 0.482 e. The molecule has 0 bridgehead atoms. The highest BCUT2D eigenvalue weighted by molar-refractivity contribution is 5.98. The Balaban J connectivity index is 1.46. The van der Waals surface area contributed by atoms with E-state index in [1.165, 1.54) is 0 Å². The fourth-order valence-electron chi connectivity index (χ4n) is 5.28. The molecule has 1 aromatic carbocycles. The molecule has 1 unspecified atom stereocenters. The maximum absolute atomic E-state index is 13.4. The molecule has 4 heterocycles. The highest BCUT2D eigenvalue weighted by Gasteiger charge is 2.35. The van der Waals surface area contributed by atoms with Crippen molar-refractivity contribution in [2.24, 2.45) is 0 Å². The number of pyridine rings is 2. The Morgan fingerprint density at radius 3 is 2.68 bits per heavy atom. The zero-order valence-corrected chi connectivity index (χ0v) is 21.8. The molecule has 1 saturated heterocycles. The van der Waals surface area contributed by atoms with Crippen molar-refractivity contribution in [3.8, 4) is 16.9 Å². The number of piperazine rings is 1. The number of hydrogen-bond donors (Lipinski definition) is 2. The molecular formula is C30H34N4O3. The quantitative estimate of drug-likeness (QED) is 0.376. The van der Waals surface area contributed by atoms with Crippen molar-refractivity contribution in [2.45, 2.75) is 45.6 Å². The van der Waals surface area contributed by atoms with Crippen molar-refractivity contribution in [2.75, 3.05) is 31.1 Å². The van der Waals surface area contributed by atoms with Gasteiger partial charge in [-0.1, -0.05) is 6.58 Å². The molecule has 1 fully saturated rings. The molecule has 7 nitrogen and oxygen atoms in total. The SMILES string of the molecule is C=CC1(C)Cc2cc(C(=O)CCc3c(C)cc(C)[nH]c3=O)cc(-c3ccc(N4CCNCC4)nc3)c2O1. The van der Waals surface area contributed by atoms with Crippen molar-refractivity contribution >= 4 is 11.6 Å². The number of Topliss-reactive ketones (excluding diaryl/α,β-unsaturated/α-hetero) is 1. The second kappa shape index (κ2) is 9.98. The summed E-state index contributed by atoms with van der Waals surface area (Å²) in [6.07, 6.45) is 4.97. The van der Waals surface area contributed by atoms with Crippen LogP contribution in [0.2, 0.25) is 0 Å². The third-order valence-corrected chi connectivity index (χ3v) is 7.39. The van der Waals surface area contributed by atoms with Gasteiger partial charge in [-0.3, -0.25) is 9.59 Å². The Labute approximate surface area is 217 Å². The zero-order chi connectivity index (χ0) is 26.2. The summed E-state index contributed by atoms with van der Waals surface area (Å²) in [7, 11) is 0. The number of aromatic amines is 1. The van der Waals surface area contributed by atoms with Crippen molar-refractivity contribution in [1.29, 1.82) is 0 Å². The molecule has 0 radical (unpaired) electrons. The molecule has 3 aromatic rings. The molecule has 7 heteroatoms. The lowest BCUT2D eigenvalue weighted by atomic mass is 9.92. The first-order valence-corrected chi connectivity index (χ1v) is 12.9. The van der Waals surface area contributed by atoms with Crippen LogP contribution in [0.4, 0.5) is 5.82 Å². The van der Waals surface area contributed by atoms with Crippen LogP contribution in [0.3, 0.4) is 0 Å². The average Bonchev–Trinajstić information content (AvgIpc) is 3.25. The summed E-state index contributed by atoms with van der Waals surface area (Å²) in [6, 6.07) is 9.87. The topological polar surface area (TPSA) is 87.3 Å². The summed E-state index contributed by atoms with van der Waals surface area (Å²) in [5, 5.41) is 3.36. The van der Waals surface area contributed by atoms with E-state index in [2.05, 4.69) is 27.8 Å². The van der Waals surface area contributed by atoms with Crippen LogP contribution < -0.4 is 20.5 Å². The highest BCUT2D eigenvalue weighted by Crippen LogP contribution is 2.44. The van der Waals surface area contributed by atoms with Gasteiger partial charge in [0.15, 0.2) is 5.78 Å². The van der Waals surface area contributed by atoms with Gasteiger partial charge in [0, 0.05) is 73.2 Å². The van der Waals surface area contributed by atoms with Crippen molar-refractivity contribution in [3.63, 3.8) is 0 Å². The Morgan fingerprint density at radius 2 is 2.00 bits per heavy atom. The number of ketones is 1. The van der Waals surface area contributed by atoms with Crippen molar-refractivity contribution < 1.29 is 9.53 Å². The van der Waals surface area contributed by atoms with E-state index in [1.54, 1.807) is 0 Å². The van der Waals surface area contributed by atoms with Gasteiger partial charge in [-0.05, 0) is 74.7 Å². The highest BCUT2D eigenvalue weighted by atomic mass is 16.5. The molecule has 0 amide bonds. The van der Waals surface area contributed by atoms with Crippen LogP contribution in [0.5, 0.6) is 5.75 Å². The zero-order valence-electron chi connectivity index (χ0n) is 21.8. The lowest BCUT2D eigenvalue weighted by Gasteiger charge is -2.28.